The predicted octanol–water partition coefficient (Wildman–Crippen LogP) is 4.97. The van der Waals surface area contributed by atoms with E-state index in [1.807, 2.05) is 30.3 Å². The number of hydrogen-bond acceptors (Lipinski definition) is 0. The molecule has 0 radical (unpaired) electrons. The van der Waals surface area contributed by atoms with Gasteiger partial charge in [0.1, 0.15) is 0 Å². The topological polar surface area (TPSA) is 0 Å². The summed E-state index contributed by atoms with van der Waals surface area (Å²) in [6.07, 6.45) is 4.17. The molecule has 7 rings (SSSR count). The summed E-state index contributed by atoms with van der Waals surface area (Å²) in [7, 11) is 0. The fraction of sp³-hybridized carbons (Fsp3) is 0.154. The second-order valence-electron chi connectivity index (χ2n) is 6.67. The third-order valence-corrected chi connectivity index (χ3v) is 4.82. The highest BCUT2D eigenvalue weighted by atomic mass is 14.1. The summed E-state index contributed by atoms with van der Waals surface area (Å²) < 4.78 is 0. The van der Waals surface area contributed by atoms with E-state index in [0.29, 0.717) is 0 Å². The first kappa shape index (κ1) is 16.3. The fourth-order valence-corrected chi connectivity index (χ4v) is 3.28. The molecule has 26 heavy (non-hydrogen) atoms. The lowest BCUT2D eigenvalue weighted by Crippen LogP contribution is -2.00. The van der Waals surface area contributed by atoms with E-state index in [0.717, 1.165) is 36.8 Å². The van der Waals surface area contributed by atoms with Gasteiger partial charge in [0, 0.05) is 11.1 Å². The second-order valence-corrected chi connectivity index (χ2v) is 6.67. The molecule has 0 saturated carbocycles. The van der Waals surface area contributed by atoms with E-state index in [1.165, 1.54) is 22.3 Å². The molecule has 0 heterocycles. The van der Waals surface area contributed by atoms with Gasteiger partial charge in [-0.05, 0) is 78.0 Å². The van der Waals surface area contributed by atoms with Crippen LogP contribution in [0.5, 0.6) is 0 Å². The number of aryl methyl sites for hydroxylation is 4. The van der Waals surface area contributed by atoms with Gasteiger partial charge in [-0.3, -0.25) is 0 Å². The first-order chi connectivity index (χ1) is 12.9. The molecule has 0 N–H and O–H groups in total. The van der Waals surface area contributed by atoms with Crippen molar-refractivity contribution in [1.82, 2.24) is 0 Å². The molecule has 0 spiro atoms. The summed E-state index contributed by atoms with van der Waals surface area (Å²) >= 11 is 0. The van der Waals surface area contributed by atoms with Crippen LogP contribution < -0.4 is 0 Å². The number of hydrogen-bond donors (Lipinski definition) is 0. The SMILES string of the molecule is C(C#Cc1cc2ccc1CCc1ccc(cc1)CC2)#Cc1ccccc1. The van der Waals surface area contributed by atoms with Gasteiger partial charge in [0.2, 0.25) is 0 Å². The maximum absolute atomic E-state index is 3.30. The molecule has 0 atom stereocenters. The van der Waals surface area contributed by atoms with Crippen LogP contribution in [-0.2, 0) is 25.7 Å². The zero-order valence-corrected chi connectivity index (χ0v) is 14.8. The van der Waals surface area contributed by atoms with Gasteiger partial charge in [0.25, 0.3) is 0 Å². The Bertz CT molecular complexity index is 1020. The van der Waals surface area contributed by atoms with E-state index >= 15 is 0 Å². The molecule has 0 aliphatic heterocycles. The molecule has 4 bridgehead atoms. The largest absolute Gasteiger partial charge is 0.0622 e. The van der Waals surface area contributed by atoms with Crippen LogP contribution in [0.25, 0.3) is 0 Å². The van der Waals surface area contributed by atoms with Gasteiger partial charge >= 0.3 is 0 Å². The average molecular weight is 332 g/mol. The minimum absolute atomic E-state index is 1.00. The molecule has 0 heteroatoms. The quantitative estimate of drug-likeness (QED) is 0.510. The van der Waals surface area contributed by atoms with Crippen molar-refractivity contribution in [2.45, 2.75) is 25.7 Å². The van der Waals surface area contributed by atoms with Crippen LogP contribution in [0, 0.1) is 23.7 Å². The summed E-state index contributed by atoms with van der Waals surface area (Å²) in [4.78, 5) is 0. The molecule has 0 aromatic heterocycles. The Morgan fingerprint density at radius 3 is 1.92 bits per heavy atom. The van der Waals surface area contributed by atoms with Gasteiger partial charge in [0.05, 0.1) is 0 Å². The van der Waals surface area contributed by atoms with Gasteiger partial charge in [0.15, 0.2) is 0 Å². The van der Waals surface area contributed by atoms with Gasteiger partial charge < -0.3 is 0 Å². The molecule has 3 aromatic carbocycles. The van der Waals surface area contributed by atoms with E-state index in [4.69, 9.17) is 0 Å². The van der Waals surface area contributed by atoms with Crippen LogP contribution in [0.2, 0.25) is 0 Å². The van der Waals surface area contributed by atoms with Crippen molar-refractivity contribution in [1.29, 1.82) is 0 Å². The molecular formula is C26H20. The van der Waals surface area contributed by atoms with Crippen molar-refractivity contribution >= 4 is 0 Å². The normalized spacial score (nSPS) is 12.2. The van der Waals surface area contributed by atoms with Crippen LogP contribution in [0.15, 0.2) is 72.8 Å². The van der Waals surface area contributed by atoms with Gasteiger partial charge in [-0.25, -0.2) is 0 Å². The first-order valence-corrected chi connectivity index (χ1v) is 9.13. The minimum Gasteiger partial charge on any atom is -0.0622 e. The highest BCUT2D eigenvalue weighted by molar-refractivity contribution is 5.49. The maximum Gasteiger partial charge on any atom is 0.0290 e. The van der Waals surface area contributed by atoms with Gasteiger partial charge in [-0.15, -0.1) is 0 Å². The lowest BCUT2D eigenvalue weighted by Gasteiger charge is -2.11. The van der Waals surface area contributed by atoms with Gasteiger partial charge in [-0.1, -0.05) is 66.4 Å². The Balaban J connectivity index is 1.61. The minimum atomic E-state index is 1.00. The third kappa shape index (κ3) is 4.05. The van der Waals surface area contributed by atoms with Crippen LogP contribution in [-0.4, -0.2) is 0 Å². The number of benzene rings is 3. The first-order valence-electron chi connectivity index (χ1n) is 9.13. The van der Waals surface area contributed by atoms with Crippen molar-refractivity contribution in [2.24, 2.45) is 0 Å². The number of rotatable bonds is 0. The molecule has 0 nitrogen and oxygen atoms in total. The van der Waals surface area contributed by atoms with Crippen LogP contribution in [0.4, 0.5) is 0 Å². The lowest BCUT2D eigenvalue weighted by molar-refractivity contribution is 0.918. The van der Waals surface area contributed by atoms with Crippen molar-refractivity contribution in [3.8, 4) is 23.7 Å². The van der Waals surface area contributed by atoms with Crippen LogP contribution in [0.3, 0.4) is 0 Å². The zero-order valence-electron chi connectivity index (χ0n) is 14.8. The smallest absolute Gasteiger partial charge is 0.0290 e. The molecule has 0 unspecified atom stereocenters. The summed E-state index contributed by atoms with van der Waals surface area (Å²) in [5.41, 5.74) is 7.58. The van der Waals surface area contributed by atoms with Crippen LogP contribution in [0.1, 0.15) is 33.4 Å². The van der Waals surface area contributed by atoms with E-state index in [9.17, 15) is 0 Å². The van der Waals surface area contributed by atoms with E-state index in [2.05, 4.69) is 66.1 Å². The van der Waals surface area contributed by atoms with Crippen molar-refractivity contribution in [3.63, 3.8) is 0 Å². The van der Waals surface area contributed by atoms with Crippen LogP contribution >= 0.6 is 0 Å². The predicted molar refractivity (Wildman–Crippen MR) is 108 cm³/mol. The Morgan fingerprint density at radius 2 is 1.15 bits per heavy atom. The Kier molecular flexibility index (Phi) is 4.86. The molecule has 4 aliphatic rings. The summed E-state index contributed by atoms with van der Waals surface area (Å²) in [6.45, 7) is 0. The fourth-order valence-electron chi connectivity index (χ4n) is 3.28. The summed E-state index contributed by atoms with van der Waals surface area (Å²) in [5, 5.41) is 0. The monoisotopic (exact) mass is 332 g/mol. The molecule has 4 aliphatic carbocycles. The van der Waals surface area contributed by atoms with E-state index < -0.39 is 0 Å². The molecular weight excluding hydrogens is 312 g/mol. The van der Waals surface area contributed by atoms with Gasteiger partial charge in [-0.2, -0.15) is 0 Å². The molecule has 3 aromatic rings. The third-order valence-electron chi connectivity index (χ3n) is 4.82. The average Bonchev–Trinajstić information content (AvgIpc) is 2.68. The molecule has 0 saturated heterocycles. The van der Waals surface area contributed by atoms with E-state index in [-0.39, 0.29) is 0 Å². The Labute approximate surface area is 155 Å². The zero-order chi connectivity index (χ0) is 17.6. The molecule has 124 valence electrons. The standard InChI is InChI=1S/C26H20/c1-2-6-21(7-3-1)8-4-5-9-26-20-24-15-14-22-10-12-23(13-11-22)16-18-25(26)19-17-24/h1-3,6-7,10-13,17,19-20H,14-16,18H2. The second kappa shape index (κ2) is 7.77. The summed E-state index contributed by atoms with van der Waals surface area (Å²) in [5.74, 6) is 12.4. The highest BCUT2D eigenvalue weighted by Crippen LogP contribution is 2.18. The maximum atomic E-state index is 3.30. The Hall–Kier alpha value is -3.22. The molecule has 0 amide bonds. The lowest BCUT2D eigenvalue weighted by atomic mass is 9.93. The van der Waals surface area contributed by atoms with Crippen molar-refractivity contribution in [3.05, 3.63) is 106 Å². The highest BCUT2D eigenvalue weighted by Gasteiger charge is 2.06. The molecule has 0 fully saturated rings. The van der Waals surface area contributed by atoms with E-state index in [1.54, 1.807) is 0 Å². The van der Waals surface area contributed by atoms with Crippen molar-refractivity contribution in [2.75, 3.05) is 0 Å². The Morgan fingerprint density at radius 1 is 0.538 bits per heavy atom. The van der Waals surface area contributed by atoms with Crippen molar-refractivity contribution < 1.29 is 0 Å². The summed E-state index contributed by atoms with van der Waals surface area (Å²) in [6, 6.07) is 25.8.